The van der Waals surface area contributed by atoms with Crippen molar-refractivity contribution in [2.75, 3.05) is 7.11 Å². The van der Waals surface area contributed by atoms with E-state index >= 15 is 0 Å². The number of hydrogen-bond donors (Lipinski definition) is 3. The zero-order valence-corrected chi connectivity index (χ0v) is 10.3. The number of carbonyl (C=O) groups excluding carboxylic acids is 1. The number of allylic oxidation sites excluding steroid dienone is 1. The maximum absolute atomic E-state index is 12.2. The lowest BCUT2D eigenvalue weighted by Crippen LogP contribution is -2.31. The fraction of sp³-hybridized carbons (Fsp3) is 0.214. The van der Waals surface area contributed by atoms with Gasteiger partial charge in [-0.1, -0.05) is 18.2 Å². The summed E-state index contributed by atoms with van der Waals surface area (Å²) in [6.07, 6.45) is 3.67. The quantitative estimate of drug-likeness (QED) is 0.437. The minimum absolute atomic E-state index is 0.111. The highest BCUT2D eigenvalue weighted by atomic mass is 16.6. The molecule has 0 radical (unpaired) electrons. The summed E-state index contributed by atoms with van der Waals surface area (Å²) in [6.45, 7) is 0. The van der Waals surface area contributed by atoms with Crippen LogP contribution < -0.4 is 0 Å². The number of Topliss-reactive ketones (excluding diaryl/α,β-unsaturated/α-hetero) is 1. The van der Waals surface area contributed by atoms with Crippen LogP contribution in [0.5, 0.6) is 5.75 Å². The second-order valence-corrected chi connectivity index (χ2v) is 4.24. The summed E-state index contributed by atoms with van der Waals surface area (Å²) in [7, 11) is 1.28. The molecule has 0 amide bonds. The van der Waals surface area contributed by atoms with Gasteiger partial charge in [0.15, 0.2) is 5.78 Å². The number of aromatic hydroxyl groups is 1. The average Bonchev–Trinajstić information content (AvgIpc) is 2.39. The molecule has 0 spiro atoms. The van der Waals surface area contributed by atoms with E-state index in [0.717, 1.165) is 6.08 Å². The largest absolute Gasteiger partial charge is 0.511 e. The van der Waals surface area contributed by atoms with Crippen molar-refractivity contribution in [1.29, 1.82) is 0 Å². The van der Waals surface area contributed by atoms with E-state index in [1.54, 1.807) is 12.1 Å². The summed E-state index contributed by atoms with van der Waals surface area (Å²) >= 11 is 0. The number of phenols is 1. The van der Waals surface area contributed by atoms with Crippen molar-refractivity contribution < 1.29 is 24.9 Å². The van der Waals surface area contributed by atoms with Crippen molar-refractivity contribution in [2.24, 2.45) is 5.92 Å². The van der Waals surface area contributed by atoms with Crippen LogP contribution in [0, 0.1) is 5.92 Å². The van der Waals surface area contributed by atoms with Crippen LogP contribution in [-0.4, -0.2) is 34.0 Å². The number of methoxy groups -OCH3 is 1. The van der Waals surface area contributed by atoms with E-state index in [9.17, 15) is 20.1 Å². The van der Waals surface area contributed by atoms with Gasteiger partial charge in [0.1, 0.15) is 11.5 Å². The van der Waals surface area contributed by atoms with Gasteiger partial charge in [0.25, 0.3) is 0 Å². The Morgan fingerprint density at radius 2 is 2.00 bits per heavy atom. The highest BCUT2D eigenvalue weighted by Gasteiger charge is 2.32. The van der Waals surface area contributed by atoms with Crippen LogP contribution in [0.3, 0.4) is 0 Å². The van der Waals surface area contributed by atoms with E-state index in [1.165, 1.54) is 31.4 Å². The van der Waals surface area contributed by atoms with Gasteiger partial charge in [0.2, 0.25) is 5.79 Å². The Labute approximate surface area is 110 Å². The van der Waals surface area contributed by atoms with E-state index in [-0.39, 0.29) is 17.1 Å². The van der Waals surface area contributed by atoms with Gasteiger partial charge in [-0.3, -0.25) is 4.79 Å². The van der Waals surface area contributed by atoms with E-state index in [1.807, 2.05) is 0 Å². The number of benzene rings is 1. The van der Waals surface area contributed by atoms with Crippen molar-refractivity contribution in [1.82, 2.24) is 0 Å². The normalized spacial score (nSPS) is 26.0. The molecule has 0 aliphatic heterocycles. The van der Waals surface area contributed by atoms with Crippen LogP contribution in [0.4, 0.5) is 0 Å². The molecule has 1 aromatic rings. The summed E-state index contributed by atoms with van der Waals surface area (Å²) in [5, 5.41) is 29.2. The number of ketones is 1. The minimum Gasteiger partial charge on any atom is -0.511 e. The van der Waals surface area contributed by atoms with Crippen LogP contribution in [-0.2, 0) is 4.74 Å². The lowest BCUT2D eigenvalue weighted by Gasteiger charge is -2.25. The van der Waals surface area contributed by atoms with Crippen LogP contribution in [0.2, 0.25) is 0 Å². The molecule has 1 aliphatic rings. The van der Waals surface area contributed by atoms with Gasteiger partial charge in [0.05, 0.1) is 11.5 Å². The number of para-hydroxylation sites is 1. The van der Waals surface area contributed by atoms with Crippen molar-refractivity contribution in [3.63, 3.8) is 0 Å². The number of aliphatic hydroxyl groups excluding tert-OH is 1. The molecule has 19 heavy (non-hydrogen) atoms. The lowest BCUT2D eigenvalue weighted by atomic mass is 9.90. The molecular weight excluding hydrogens is 248 g/mol. The molecule has 1 aromatic carbocycles. The molecule has 5 nitrogen and oxygen atoms in total. The Kier molecular flexibility index (Phi) is 3.42. The molecule has 0 saturated heterocycles. The first-order valence-electron chi connectivity index (χ1n) is 5.67. The molecule has 2 atom stereocenters. The number of rotatable bonds is 3. The van der Waals surface area contributed by atoms with Gasteiger partial charge in [-0.2, -0.15) is 0 Å². The van der Waals surface area contributed by atoms with Gasteiger partial charge in [-0.05, 0) is 18.2 Å². The molecule has 100 valence electrons. The molecule has 2 rings (SSSR count). The lowest BCUT2D eigenvalue weighted by molar-refractivity contribution is -0.110. The zero-order valence-electron chi connectivity index (χ0n) is 10.3. The van der Waals surface area contributed by atoms with E-state index in [4.69, 9.17) is 4.74 Å². The Balaban J connectivity index is 2.31. The summed E-state index contributed by atoms with van der Waals surface area (Å²) < 4.78 is 4.78. The predicted octanol–water partition coefficient (Wildman–Crippen LogP) is 1.54. The molecule has 0 aromatic heterocycles. The first-order chi connectivity index (χ1) is 8.97. The molecule has 0 saturated carbocycles. The molecule has 5 heteroatoms. The number of carbonyl (C=O) groups is 1. The topological polar surface area (TPSA) is 87.0 Å². The van der Waals surface area contributed by atoms with Gasteiger partial charge in [0, 0.05) is 13.2 Å². The number of ether oxygens (including phenoxy) is 1. The first-order valence-corrected chi connectivity index (χ1v) is 5.67. The van der Waals surface area contributed by atoms with E-state index < -0.39 is 17.5 Å². The van der Waals surface area contributed by atoms with Crippen molar-refractivity contribution in [3.05, 3.63) is 53.8 Å². The maximum Gasteiger partial charge on any atom is 0.208 e. The highest BCUT2D eigenvalue weighted by Crippen LogP contribution is 2.29. The third kappa shape index (κ3) is 2.52. The van der Waals surface area contributed by atoms with Crippen LogP contribution >= 0.6 is 0 Å². The van der Waals surface area contributed by atoms with Gasteiger partial charge in [-0.15, -0.1) is 0 Å². The number of hydrogen-bond acceptors (Lipinski definition) is 5. The Morgan fingerprint density at radius 1 is 1.32 bits per heavy atom. The van der Waals surface area contributed by atoms with Gasteiger partial charge in [-0.25, -0.2) is 0 Å². The standard InChI is InChI=1S/C14H14O5/c1-19-14(18)7-6-10(12(16)8-14)13(17)9-4-2-3-5-11(9)15/h2-8,10,15-16,18H,1H3. The fourth-order valence-corrected chi connectivity index (χ4v) is 1.88. The summed E-state index contributed by atoms with van der Waals surface area (Å²) in [5.41, 5.74) is 0.111. The number of aliphatic hydroxyl groups is 2. The van der Waals surface area contributed by atoms with Crippen LogP contribution in [0.1, 0.15) is 10.4 Å². The summed E-state index contributed by atoms with van der Waals surface area (Å²) in [5.74, 6) is -3.58. The predicted molar refractivity (Wildman–Crippen MR) is 67.7 cm³/mol. The fourth-order valence-electron chi connectivity index (χ4n) is 1.88. The summed E-state index contributed by atoms with van der Waals surface area (Å²) in [6, 6.07) is 6.08. The molecule has 1 aliphatic carbocycles. The number of phenolic OH excluding ortho intramolecular Hbond substituents is 1. The van der Waals surface area contributed by atoms with Gasteiger partial charge >= 0.3 is 0 Å². The molecule has 3 N–H and O–H groups in total. The molecular formula is C14H14O5. The Bertz CT molecular complexity index is 561. The van der Waals surface area contributed by atoms with Crippen LogP contribution in [0.15, 0.2) is 48.3 Å². The monoisotopic (exact) mass is 262 g/mol. The smallest absolute Gasteiger partial charge is 0.208 e. The minimum atomic E-state index is -1.71. The van der Waals surface area contributed by atoms with Gasteiger partial charge < -0.3 is 20.1 Å². The Morgan fingerprint density at radius 3 is 2.58 bits per heavy atom. The van der Waals surface area contributed by atoms with Crippen LogP contribution in [0.25, 0.3) is 0 Å². The first kappa shape index (κ1) is 13.3. The third-order valence-electron chi connectivity index (χ3n) is 2.98. The third-order valence-corrected chi connectivity index (χ3v) is 2.98. The van der Waals surface area contributed by atoms with Crippen molar-refractivity contribution >= 4 is 5.78 Å². The Hall–Kier alpha value is -2.11. The average molecular weight is 262 g/mol. The molecule has 0 bridgehead atoms. The SMILES string of the molecule is COC1(O)C=CC(C(=O)c2ccccc2O)C(O)=C1. The molecule has 2 unspecified atom stereocenters. The van der Waals surface area contributed by atoms with E-state index in [0.29, 0.717) is 0 Å². The second-order valence-electron chi connectivity index (χ2n) is 4.24. The van der Waals surface area contributed by atoms with Crippen molar-refractivity contribution in [2.45, 2.75) is 5.79 Å². The maximum atomic E-state index is 12.2. The summed E-state index contributed by atoms with van der Waals surface area (Å²) in [4.78, 5) is 12.2. The zero-order chi connectivity index (χ0) is 14.0. The molecule has 0 fully saturated rings. The highest BCUT2D eigenvalue weighted by molar-refractivity contribution is 6.02. The van der Waals surface area contributed by atoms with Crippen molar-refractivity contribution in [3.8, 4) is 5.75 Å². The second kappa shape index (κ2) is 4.87. The molecule has 0 heterocycles. The van der Waals surface area contributed by atoms with E-state index in [2.05, 4.69) is 0 Å².